The molecule has 140 valence electrons. The molecule has 0 atom stereocenters. The van der Waals surface area contributed by atoms with Crippen molar-refractivity contribution in [3.05, 3.63) is 88.7 Å². The molecule has 4 aromatic rings. The molecule has 0 aliphatic rings. The molecule has 2 N–H and O–H groups in total. The summed E-state index contributed by atoms with van der Waals surface area (Å²) >= 11 is 11.2. The van der Waals surface area contributed by atoms with E-state index in [-0.39, 0.29) is 0 Å². The van der Waals surface area contributed by atoms with Gasteiger partial charge in [-0.2, -0.15) is 0 Å². The molecule has 0 bridgehead atoms. The molecule has 3 aromatic carbocycles. The van der Waals surface area contributed by atoms with Crippen LogP contribution in [0.25, 0.3) is 11.5 Å². The van der Waals surface area contributed by atoms with Gasteiger partial charge in [-0.1, -0.05) is 41.9 Å². The van der Waals surface area contributed by atoms with Crippen LogP contribution in [0.1, 0.15) is 0 Å². The van der Waals surface area contributed by atoms with Crippen molar-refractivity contribution in [2.24, 2.45) is 0 Å². The molecule has 0 spiro atoms. The molecule has 0 saturated heterocycles. The van der Waals surface area contributed by atoms with Crippen molar-refractivity contribution in [3.8, 4) is 11.5 Å². The van der Waals surface area contributed by atoms with Gasteiger partial charge in [-0.25, -0.2) is 4.68 Å². The van der Waals surface area contributed by atoms with Crippen molar-refractivity contribution in [2.45, 2.75) is 6.67 Å². The topological polar surface area (TPSA) is 55.0 Å². The SMILES string of the molecule is S=c1oc(-c2ccccc2Nc2ccccc2)nn1CNc1ccc(Cl)cc1. The second kappa shape index (κ2) is 8.29. The Kier molecular flexibility index (Phi) is 5.41. The van der Waals surface area contributed by atoms with Gasteiger partial charge in [-0.15, -0.1) is 5.10 Å². The lowest BCUT2D eigenvalue weighted by Gasteiger charge is -2.09. The van der Waals surface area contributed by atoms with Crippen LogP contribution >= 0.6 is 23.8 Å². The first-order valence-corrected chi connectivity index (χ1v) is 9.46. The average Bonchev–Trinajstić information content (AvgIpc) is 3.09. The van der Waals surface area contributed by atoms with E-state index in [1.807, 2.05) is 78.9 Å². The van der Waals surface area contributed by atoms with E-state index < -0.39 is 0 Å². The Morgan fingerprint density at radius 2 is 1.61 bits per heavy atom. The van der Waals surface area contributed by atoms with Gasteiger partial charge < -0.3 is 15.1 Å². The Labute approximate surface area is 172 Å². The Hall–Kier alpha value is -3.09. The number of nitrogens with zero attached hydrogens (tertiary/aromatic N) is 2. The Morgan fingerprint density at radius 3 is 2.39 bits per heavy atom. The zero-order valence-corrected chi connectivity index (χ0v) is 16.4. The number of anilines is 3. The van der Waals surface area contributed by atoms with Crippen LogP contribution in [0.5, 0.6) is 0 Å². The maximum absolute atomic E-state index is 5.92. The fourth-order valence-electron chi connectivity index (χ4n) is 2.70. The van der Waals surface area contributed by atoms with E-state index in [1.54, 1.807) is 4.68 Å². The summed E-state index contributed by atoms with van der Waals surface area (Å²) in [7, 11) is 0. The van der Waals surface area contributed by atoms with E-state index in [2.05, 4.69) is 15.7 Å². The molecule has 0 amide bonds. The highest BCUT2D eigenvalue weighted by molar-refractivity contribution is 7.71. The lowest BCUT2D eigenvalue weighted by atomic mass is 10.1. The largest absolute Gasteiger partial charge is 0.409 e. The van der Waals surface area contributed by atoms with Gasteiger partial charge in [-0.3, -0.25) is 0 Å². The van der Waals surface area contributed by atoms with Crippen LogP contribution in [0.15, 0.2) is 83.3 Å². The lowest BCUT2D eigenvalue weighted by molar-refractivity contribution is 0.522. The minimum Gasteiger partial charge on any atom is -0.409 e. The second-order valence-corrected chi connectivity index (χ2v) is 6.84. The standard InChI is InChI=1S/C21H17ClN4OS/c22-15-10-12-16(13-11-15)23-14-26-21(28)27-20(25-26)18-8-4-5-9-19(18)24-17-6-2-1-3-7-17/h1-13,23-24H,14H2. The summed E-state index contributed by atoms with van der Waals surface area (Å²) in [4.78, 5) is 0.297. The van der Waals surface area contributed by atoms with Crippen LogP contribution in [0.4, 0.5) is 17.1 Å². The van der Waals surface area contributed by atoms with Gasteiger partial charge >= 0.3 is 0 Å². The Morgan fingerprint density at radius 1 is 0.893 bits per heavy atom. The number of hydrogen-bond acceptors (Lipinski definition) is 5. The third kappa shape index (κ3) is 4.24. The van der Waals surface area contributed by atoms with Crippen molar-refractivity contribution in [1.82, 2.24) is 9.78 Å². The highest BCUT2D eigenvalue weighted by Gasteiger charge is 2.12. The fourth-order valence-corrected chi connectivity index (χ4v) is 3.01. The van der Waals surface area contributed by atoms with E-state index >= 15 is 0 Å². The van der Waals surface area contributed by atoms with E-state index in [0.29, 0.717) is 22.4 Å². The van der Waals surface area contributed by atoms with Gasteiger partial charge in [0.05, 0.1) is 11.3 Å². The average molecular weight is 409 g/mol. The highest BCUT2D eigenvalue weighted by Crippen LogP contribution is 2.29. The predicted octanol–water partition coefficient (Wildman–Crippen LogP) is 6.34. The lowest BCUT2D eigenvalue weighted by Crippen LogP contribution is -2.09. The number of hydrogen-bond donors (Lipinski definition) is 2. The maximum atomic E-state index is 5.92. The van der Waals surface area contributed by atoms with Crippen molar-refractivity contribution >= 4 is 40.9 Å². The summed E-state index contributed by atoms with van der Waals surface area (Å²) < 4.78 is 7.36. The van der Waals surface area contributed by atoms with Gasteiger partial charge in [0, 0.05) is 16.4 Å². The Balaban J connectivity index is 1.56. The maximum Gasteiger partial charge on any atom is 0.289 e. The molecular formula is C21H17ClN4OS. The number of aromatic nitrogens is 2. The van der Waals surface area contributed by atoms with Crippen LogP contribution < -0.4 is 10.6 Å². The zero-order chi connectivity index (χ0) is 19.3. The molecule has 1 heterocycles. The summed E-state index contributed by atoms with van der Waals surface area (Å²) in [6.45, 7) is 0.387. The summed E-state index contributed by atoms with van der Waals surface area (Å²) in [6, 6.07) is 25.2. The van der Waals surface area contributed by atoms with Gasteiger partial charge in [0.1, 0.15) is 6.67 Å². The van der Waals surface area contributed by atoms with Crippen LogP contribution in [-0.4, -0.2) is 9.78 Å². The van der Waals surface area contributed by atoms with Crippen molar-refractivity contribution in [1.29, 1.82) is 0 Å². The quantitative estimate of drug-likeness (QED) is 0.364. The molecule has 1 aromatic heterocycles. The van der Waals surface area contributed by atoms with Crippen LogP contribution in [0.2, 0.25) is 5.02 Å². The molecule has 4 rings (SSSR count). The molecule has 28 heavy (non-hydrogen) atoms. The molecule has 0 unspecified atom stereocenters. The first-order valence-electron chi connectivity index (χ1n) is 8.68. The normalized spacial score (nSPS) is 10.6. The number of rotatable bonds is 6. The first-order chi connectivity index (χ1) is 13.7. The zero-order valence-electron chi connectivity index (χ0n) is 14.8. The van der Waals surface area contributed by atoms with Gasteiger partial charge in [0.25, 0.3) is 4.84 Å². The molecule has 0 aliphatic carbocycles. The minimum atomic E-state index is 0.297. The van der Waals surface area contributed by atoms with Gasteiger partial charge in [0.15, 0.2) is 0 Å². The van der Waals surface area contributed by atoms with Crippen LogP contribution in [-0.2, 0) is 6.67 Å². The minimum absolute atomic E-state index is 0.297. The first kappa shape index (κ1) is 18.3. The number of para-hydroxylation sites is 2. The molecule has 0 saturated carbocycles. The number of benzene rings is 3. The third-order valence-electron chi connectivity index (χ3n) is 4.09. The van der Waals surface area contributed by atoms with E-state index in [0.717, 1.165) is 22.6 Å². The van der Waals surface area contributed by atoms with Crippen LogP contribution in [0, 0.1) is 4.84 Å². The second-order valence-electron chi connectivity index (χ2n) is 6.05. The highest BCUT2D eigenvalue weighted by atomic mass is 35.5. The summed E-state index contributed by atoms with van der Waals surface area (Å²) in [6.07, 6.45) is 0. The Bertz CT molecular complexity index is 1120. The van der Waals surface area contributed by atoms with Gasteiger partial charge in [0.2, 0.25) is 5.89 Å². The number of halogens is 1. The van der Waals surface area contributed by atoms with E-state index in [9.17, 15) is 0 Å². The summed E-state index contributed by atoms with van der Waals surface area (Å²) in [5.74, 6) is 0.460. The fraction of sp³-hybridized carbons (Fsp3) is 0.0476. The summed E-state index contributed by atoms with van der Waals surface area (Å²) in [5, 5.41) is 11.9. The summed E-state index contributed by atoms with van der Waals surface area (Å²) in [5.41, 5.74) is 3.63. The third-order valence-corrected chi connectivity index (χ3v) is 4.64. The van der Waals surface area contributed by atoms with Crippen molar-refractivity contribution < 1.29 is 4.42 Å². The van der Waals surface area contributed by atoms with Gasteiger partial charge in [-0.05, 0) is 60.7 Å². The van der Waals surface area contributed by atoms with E-state index in [4.69, 9.17) is 28.2 Å². The van der Waals surface area contributed by atoms with Crippen molar-refractivity contribution in [3.63, 3.8) is 0 Å². The monoisotopic (exact) mass is 408 g/mol. The predicted molar refractivity (Wildman–Crippen MR) is 116 cm³/mol. The van der Waals surface area contributed by atoms with Crippen molar-refractivity contribution in [2.75, 3.05) is 10.6 Å². The molecule has 5 nitrogen and oxygen atoms in total. The molecule has 0 radical (unpaired) electrons. The van der Waals surface area contributed by atoms with Crippen LogP contribution in [0.3, 0.4) is 0 Å². The molecule has 7 heteroatoms. The van der Waals surface area contributed by atoms with E-state index in [1.165, 1.54) is 0 Å². The molecule has 0 aliphatic heterocycles. The molecule has 0 fully saturated rings. The smallest absolute Gasteiger partial charge is 0.289 e. The number of nitrogens with one attached hydrogen (secondary N) is 2. The molecular weight excluding hydrogens is 392 g/mol.